The van der Waals surface area contributed by atoms with Gasteiger partial charge in [-0.05, 0) is 61.4 Å². The molecular weight excluding hydrogens is 266 g/mol. The molecule has 1 nitrogen and oxygen atoms in total. The van der Waals surface area contributed by atoms with Gasteiger partial charge in [-0.25, -0.2) is 0 Å². The Morgan fingerprint density at radius 1 is 1.15 bits per heavy atom. The molecule has 1 atom stereocenters. The van der Waals surface area contributed by atoms with Crippen molar-refractivity contribution in [2.75, 3.05) is 6.54 Å². The van der Waals surface area contributed by atoms with Gasteiger partial charge in [-0.3, -0.25) is 0 Å². The highest BCUT2D eigenvalue weighted by molar-refractivity contribution is 6.30. The molecule has 2 rings (SSSR count). The first kappa shape index (κ1) is 15.9. The van der Waals surface area contributed by atoms with Crippen molar-refractivity contribution in [1.82, 2.24) is 5.32 Å². The van der Waals surface area contributed by atoms with Crippen molar-refractivity contribution in [1.29, 1.82) is 0 Å². The van der Waals surface area contributed by atoms with E-state index in [0.29, 0.717) is 6.04 Å². The fourth-order valence-electron chi connectivity index (χ4n) is 3.65. The van der Waals surface area contributed by atoms with Gasteiger partial charge in [0.25, 0.3) is 0 Å². The van der Waals surface area contributed by atoms with Crippen LogP contribution in [0.15, 0.2) is 18.2 Å². The molecule has 1 aromatic carbocycles. The van der Waals surface area contributed by atoms with Crippen LogP contribution >= 0.6 is 11.6 Å². The van der Waals surface area contributed by atoms with Crippen LogP contribution in [-0.2, 0) is 0 Å². The predicted molar refractivity (Wildman–Crippen MR) is 88.3 cm³/mol. The van der Waals surface area contributed by atoms with E-state index in [4.69, 9.17) is 11.6 Å². The van der Waals surface area contributed by atoms with E-state index in [1.54, 1.807) is 0 Å². The third-order valence-electron chi connectivity index (χ3n) is 4.79. The van der Waals surface area contributed by atoms with Crippen LogP contribution in [0.5, 0.6) is 0 Å². The van der Waals surface area contributed by atoms with Crippen LogP contribution in [0.4, 0.5) is 0 Å². The normalized spacial score (nSPS) is 24.6. The molecular formula is C18H28ClN. The third kappa shape index (κ3) is 3.99. The molecule has 0 aromatic heterocycles. The molecule has 0 radical (unpaired) electrons. The van der Waals surface area contributed by atoms with Gasteiger partial charge in [-0.1, -0.05) is 50.8 Å². The summed E-state index contributed by atoms with van der Waals surface area (Å²) in [4.78, 5) is 0. The maximum absolute atomic E-state index is 6.25. The smallest absolute Gasteiger partial charge is 0.0411 e. The molecule has 2 heteroatoms. The highest BCUT2D eigenvalue weighted by Crippen LogP contribution is 2.38. The predicted octanol–water partition coefficient (Wildman–Crippen LogP) is 5.52. The minimum atomic E-state index is 0.468. The van der Waals surface area contributed by atoms with Gasteiger partial charge in [-0.15, -0.1) is 0 Å². The Kier molecular flexibility index (Phi) is 5.92. The van der Waals surface area contributed by atoms with Gasteiger partial charge >= 0.3 is 0 Å². The van der Waals surface area contributed by atoms with Gasteiger partial charge in [0.15, 0.2) is 0 Å². The van der Waals surface area contributed by atoms with Gasteiger partial charge in [0.05, 0.1) is 0 Å². The van der Waals surface area contributed by atoms with Crippen molar-refractivity contribution in [2.45, 2.75) is 58.9 Å². The average molecular weight is 294 g/mol. The van der Waals surface area contributed by atoms with E-state index in [0.717, 1.165) is 23.4 Å². The monoisotopic (exact) mass is 293 g/mol. The summed E-state index contributed by atoms with van der Waals surface area (Å²) >= 11 is 6.25. The Morgan fingerprint density at radius 2 is 1.85 bits per heavy atom. The topological polar surface area (TPSA) is 12.0 Å². The Labute approximate surface area is 129 Å². The summed E-state index contributed by atoms with van der Waals surface area (Å²) < 4.78 is 0. The summed E-state index contributed by atoms with van der Waals surface area (Å²) in [6.45, 7) is 7.67. The molecule has 0 spiro atoms. The van der Waals surface area contributed by atoms with Crippen molar-refractivity contribution in [3.8, 4) is 0 Å². The molecule has 0 heterocycles. The lowest BCUT2D eigenvalue weighted by molar-refractivity contribution is 0.220. The fraction of sp³-hybridized carbons (Fsp3) is 0.667. The summed E-state index contributed by atoms with van der Waals surface area (Å²) in [5.74, 6) is 1.71. The van der Waals surface area contributed by atoms with Crippen LogP contribution in [0.25, 0.3) is 0 Å². The first-order valence-electron chi connectivity index (χ1n) is 8.14. The number of hydrogen-bond acceptors (Lipinski definition) is 1. The fourth-order valence-corrected chi connectivity index (χ4v) is 3.95. The molecule has 1 fully saturated rings. The molecule has 1 aliphatic rings. The zero-order chi connectivity index (χ0) is 14.5. The van der Waals surface area contributed by atoms with E-state index >= 15 is 0 Å². The second kappa shape index (κ2) is 7.47. The van der Waals surface area contributed by atoms with E-state index in [9.17, 15) is 0 Å². The summed E-state index contributed by atoms with van der Waals surface area (Å²) in [5, 5.41) is 4.56. The third-order valence-corrected chi connectivity index (χ3v) is 5.01. The lowest BCUT2D eigenvalue weighted by atomic mass is 9.76. The van der Waals surface area contributed by atoms with Crippen LogP contribution in [0, 0.1) is 18.8 Å². The minimum Gasteiger partial charge on any atom is -0.310 e. The van der Waals surface area contributed by atoms with Crippen LogP contribution in [0.3, 0.4) is 0 Å². The van der Waals surface area contributed by atoms with Gasteiger partial charge in [0, 0.05) is 11.1 Å². The van der Waals surface area contributed by atoms with Gasteiger partial charge < -0.3 is 5.32 Å². The van der Waals surface area contributed by atoms with Crippen LogP contribution in [0.1, 0.15) is 63.1 Å². The first-order valence-corrected chi connectivity index (χ1v) is 8.52. The number of hydrogen-bond donors (Lipinski definition) is 1. The summed E-state index contributed by atoms with van der Waals surface area (Å²) in [7, 11) is 0. The van der Waals surface area contributed by atoms with Crippen LogP contribution < -0.4 is 5.32 Å². The Hall–Kier alpha value is -0.530. The second-order valence-corrected chi connectivity index (χ2v) is 6.72. The number of halogens is 1. The largest absolute Gasteiger partial charge is 0.310 e. The van der Waals surface area contributed by atoms with Gasteiger partial charge in [0.2, 0.25) is 0 Å². The van der Waals surface area contributed by atoms with Crippen molar-refractivity contribution in [3.05, 3.63) is 34.3 Å². The van der Waals surface area contributed by atoms with Crippen LogP contribution in [-0.4, -0.2) is 6.54 Å². The summed E-state index contributed by atoms with van der Waals surface area (Å²) in [6, 6.07) is 6.95. The highest BCUT2D eigenvalue weighted by Gasteiger charge is 2.27. The first-order chi connectivity index (χ1) is 9.63. The highest BCUT2D eigenvalue weighted by atomic mass is 35.5. The molecule has 20 heavy (non-hydrogen) atoms. The molecule has 1 aliphatic carbocycles. The van der Waals surface area contributed by atoms with E-state index in [1.165, 1.54) is 43.2 Å². The van der Waals surface area contributed by atoms with Crippen LogP contribution in [0.2, 0.25) is 5.02 Å². The number of benzene rings is 1. The van der Waals surface area contributed by atoms with Crippen molar-refractivity contribution < 1.29 is 0 Å². The van der Waals surface area contributed by atoms with E-state index in [-0.39, 0.29) is 0 Å². The second-order valence-electron chi connectivity index (χ2n) is 6.29. The lowest BCUT2D eigenvalue weighted by Crippen LogP contribution is -2.31. The number of nitrogens with one attached hydrogen (secondary N) is 1. The summed E-state index contributed by atoms with van der Waals surface area (Å²) in [6.07, 6.45) is 6.82. The molecule has 1 saturated carbocycles. The quantitative estimate of drug-likeness (QED) is 0.754. The average Bonchev–Trinajstić information content (AvgIpc) is 2.44. The standard InChI is InChI=1S/C18H28ClN/c1-4-14-6-8-15(9-7-14)18(20-5-2)16-10-13(3)11-17(19)12-16/h10-12,14-15,18,20H,4-9H2,1-3H3. The van der Waals surface area contributed by atoms with E-state index < -0.39 is 0 Å². The molecule has 0 saturated heterocycles. The molecule has 1 aromatic rings. The number of aryl methyl sites for hydroxylation is 1. The van der Waals surface area contributed by atoms with Crippen molar-refractivity contribution >= 4 is 11.6 Å². The minimum absolute atomic E-state index is 0.468. The Morgan fingerprint density at radius 3 is 2.40 bits per heavy atom. The van der Waals surface area contributed by atoms with Gasteiger partial charge in [-0.2, -0.15) is 0 Å². The molecule has 1 N–H and O–H groups in total. The molecule has 0 amide bonds. The van der Waals surface area contributed by atoms with Crippen molar-refractivity contribution in [2.24, 2.45) is 11.8 Å². The summed E-state index contributed by atoms with van der Waals surface area (Å²) in [5.41, 5.74) is 2.63. The molecule has 0 aliphatic heterocycles. The zero-order valence-corrected chi connectivity index (χ0v) is 13.8. The maximum Gasteiger partial charge on any atom is 0.0411 e. The molecule has 112 valence electrons. The Bertz CT molecular complexity index is 401. The van der Waals surface area contributed by atoms with E-state index in [1.807, 2.05) is 6.07 Å². The molecule has 0 bridgehead atoms. The Balaban J connectivity index is 2.14. The van der Waals surface area contributed by atoms with Crippen molar-refractivity contribution in [3.63, 3.8) is 0 Å². The maximum atomic E-state index is 6.25. The lowest BCUT2D eigenvalue weighted by Gasteiger charge is -2.34. The number of rotatable bonds is 5. The zero-order valence-electron chi connectivity index (χ0n) is 13.1. The van der Waals surface area contributed by atoms with Gasteiger partial charge in [0.1, 0.15) is 0 Å². The molecule has 1 unspecified atom stereocenters. The van der Waals surface area contributed by atoms with E-state index in [2.05, 4.69) is 38.2 Å². The SMILES string of the molecule is CCNC(c1cc(C)cc(Cl)c1)C1CCC(CC)CC1.